The minimum atomic E-state index is 0.390. The van der Waals surface area contributed by atoms with Gasteiger partial charge in [-0.3, -0.25) is 0 Å². The summed E-state index contributed by atoms with van der Waals surface area (Å²) in [5.74, 6) is 0. The molecule has 1 aromatic carbocycles. The van der Waals surface area contributed by atoms with E-state index in [4.69, 9.17) is 4.74 Å². The minimum Gasteiger partial charge on any atom is -0.385 e. The van der Waals surface area contributed by atoms with Gasteiger partial charge in [-0.2, -0.15) is 0 Å². The van der Waals surface area contributed by atoms with Gasteiger partial charge in [-0.05, 0) is 25.3 Å². The molecule has 2 nitrogen and oxygen atoms in total. The maximum atomic E-state index is 5.11. The fourth-order valence-electron chi connectivity index (χ4n) is 2.57. The van der Waals surface area contributed by atoms with Gasteiger partial charge in [0.05, 0.1) is 0 Å². The van der Waals surface area contributed by atoms with E-state index in [0.29, 0.717) is 5.41 Å². The summed E-state index contributed by atoms with van der Waals surface area (Å²) >= 11 is 0. The van der Waals surface area contributed by atoms with Crippen molar-refractivity contribution in [1.29, 1.82) is 0 Å². The van der Waals surface area contributed by atoms with Crippen LogP contribution in [0.5, 0.6) is 0 Å². The molecule has 0 aliphatic carbocycles. The third-order valence-electron chi connectivity index (χ3n) is 3.84. The monoisotopic (exact) mass is 233 g/mol. The fraction of sp³-hybridized carbons (Fsp3) is 0.600. The minimum absolute atomic E-state index is 0.390. The molecule has 1 N–H and O–H groups in total. The summed E-state index contributed by atoms with van der Waals surface area (Å²) in [5.41, 5.74) is 3.23. The largest absolute Gasteiger partial charge is 0.385 e. The second-order valence-electron chi connectivity index (χ2n) is 5.20. The summed E-state index contributed by atoms with van der Waals surface area (Å²) < 4.78 is 5.11. The van der Waals surface area contributed by atoms with Gasteiger partial charge in [0.2, 0.25) is 0 Å². The Balaban J connectivity index is 1.96. The third-order valence-corrected chi connectivity index (χ3v) is 3.84. The van der Waals surface area contributed by atoms with Gasteiger partial charge in [0.15, 0.2) is 0 Å². The molecule has 0 atom stereocenters. The van der Waals surface area contributed by atoms with Crippen LogP contribution in [-0.2, 0) is 10.2 Å². The Morgan fingerprint density at radius 3 is 2.41 bits per heavy atom. The molecule has 1 aliphatic rings. The van der Waals surface area contributed by atoms with E-state index in [1.165, 1.54) is 30.4 Å². The van der Waals surface area contributed by atoms with Crippen LogP contribution in [0.3, 0.4) is 0 Å². The van der Waals surface area contributed by atoms with E-state index in [1.807, 2.05) is 0 Å². The Hall–Kier alpha value is -0.860. The predicted octanol–water partition coefficient (Wildman–Crippen LogP) is 2.65. The van der Waals surface area contributed by atoms with Crippen LogP contribution in [0.15, 0.2) is 24.3 Å². The first-order chi connectivity index (χ1) is 8.27. The quantitative estimate of drug-likeness (QED) is 0.763. The highest BCUT2D eigenvalue weighted by molar-refractivity contribution is 5.32. The third kappa shape index (κ3) is 2.88. The van der Waals surface area contributed by atoms with Gasteiger partial charge in [0.1, 0.15) is 0 Å². The molecule has 2 rings (SSSR count). The average molecular weight is 233 g/mol. The number of rotatable bonds is 6. The van der Waals surface area contributed by atoms with Crippen molar-refractivity contribution in [3.63, 3.8) is 0 Å². The highest BCUT2D eigenvalue weighted by Crippen LogP contribution is 2.33. The smallest absolute Gasteiger partial charge is 0.0462 e. The van der Waals surface area contributed by atoms with Gasteiger partial charge in [0.25, 0.3) is 0 Å². The lowest BCUT2D eigenvalue weighted by molar-refractivity contribution is 0.181. The standard InChI is InChI=1S/C15H23NO/c1-13-5-7-14(8-6-13)15(11-16-12-15)9-3-4-10-17-2/h5-8,16H,3-4,9-12H2,1-2H3. The van der Waals surface area contributed by atoms with Crippen LogP contribution in [0.2, 0.25) is 0 Å². The van der Waals surface area contributed by atoms with Gasteiger partial charge in [-0.15, -0.1) is 0 Å². The molecule has 0 radical (unpaired) electrons. The van der Waals surface area contributed by atoms with Crippen LogP contribution in [0.4, 0.5) is 0 Å². The molecule has 0 amide bonds. The van der Waals surface area contributed by atoms with Gasteiger partial charge in [-0.25, -0.2) is 0 Å². The predicted molar refractivity (Wildman–Crippen MR) is 71.5 cm³/mol. The first kappa shape index (κ1) is 12.6. The molecular formula is C15H23NO. The zero-order valence-corrected chi connectivity index (χ0v) is 11.0. The van der Waals surface area contributed by atoms with Crippen LogP contribution in [0, 0.1) is 6.92 Å². The molecule has 0 bridgehead atoms. The Labute approximate surface area is 104 Å². The molecular weight excluding hydrogens is 210 g/mol. The molecule has 0 saturated carbocycles. The van der Waals surface area contributed by atoms with Crippen molar-refractivity contribution < 1.29 is 4.74 Å². The molecule has 17 heavy (non-hydrogen) atoms. The van der Waals surface area contributed by atoms with E-state index in [-0.39, 0.29) is 0 Å². The van der Waals surface area contributed by atoms with Gasteiger partial charge in [-0.1, -0.05) is 36.2 Å². The maximum Gasteiger partial charge on any atom is 0.0462 e. The molecule has 0 spiro atoms. The van der Waals surface area contributed by atoms with Crippen LogP contribution < -0.4 is 5.32 Å². The number of hydrogen-bond donors (Lipinski definition) is 1. The number of ether oxygens (including phenoxy) is 1. The van der Waals surface area contributed by atoms with Crippen LogP contribution in [0.1, 0.15) is 30.4 Å². The van der Waals surface area contributed by atoms with E-state index in [0.717, 1.165) is 19.7 Å². The van der Waals surface area contributed by atoms with Crippen molar-refractivity contribution in [3.8, 4) is 0 Å². The Morgan fingerprint density at radius 2 is 1.88 bits per heavy atom. The van der Waals surface area contributed by atoms with Crippen molar-refractivity contribution in [2.45, 2.75) is 31.6 Å². The molecule has 0 aromatic heterocycles. The van der Waals surface area contributed by atoms with Crippen LogP contribution in [-0.4, -0.2) is 26.8 Å². The van der Waals surface area contributed by atoms with Gasteiger partial charge >= 0.3 is 0 Å². The first-order valence-corrected chi connectivity index (χ1v) is 6.54. The van der Waals surface area contributed by atoms with Crippen molar-refractivity contribution in [2.24, 2.45) is 0 Å². The number of benzene rings is 1. The lowest BCUT2D eigenvalue weighted by Gasteiger charge is -2.43. The fourth-order valence-corrected chi connectivity index (χ4v) is 2.57. The number of nitrogens with one attached hydrogen (secondary N) is 1. The Kier molecular flexibility index (Phi) is 4.19. The number of aryl methyl sites for hydroxylation is 1. The number of unbranched alkanes of at least 4 members (excludes halogenated alkanes) is 1. The van der Waals surface area contributed by atoms with E-state index in [2.05, 4.69) is 36.5 Å². The van der Waals surface area contributed by atoms with E-state index in [1.54, 1.807) is 7.11 Å². The summed E-state index contributed by atoms with van der Waals surface area (Å²) in [5, 5.41) is 3.42. The van der Waals surface area contributed by atoms with Gasteiger partial charge in [0, 0.05) is 32.2 Å². The average Bonchev–Trinajstić information content (AvgIpc) is 2.29. The molecule has 1 fully saturated rings. The van der Waals surface area contributed by atoms with Crippen molar-refractivity contribution in [3.05, 3.63) is 35.4 Å². The molecule has 1 aromatic rings. The second kappa shape index (κ2) is 5.65. The molecule has 1 heterocycles. The highest BCUT2D eigenvalue weighted by Gasteiger charge is 2.37. The van der Waals surface area contributed by atoms with Gasteiger partial charge < -0.3 is 10.1 Å². The summed E-state index contributed by atoms with van der Waals surface area (Å²) in [6.45, 7) is 5.29. The summed E-state index contributed by atoms with van der Waals surface area (Å²) in [6, 6.07) is 9.05. The van der Waals surface area contributed by atoms with E-state index < -0.39 is 0 Å². The molecule has 2 heteroatoms. The summed E-state index contributed by atoms with van der Waals surface area (Å²) in [6.07, 6.45) is 3.69. The zero-order valence-electron chi connectivity index (χ0n) is 11.0. The van der Waals surface area contributed by atoms with E-state index >= 15 is 0 Å². The summed E-state index contributed by atoms with van der Waals surface area (Å²) in [7, 11) is 1.78. The second-order valence-corrected chi connectivity index (χ2v) is 5.20. The lowest BCUT2D eigenvalue weighted by atomic mass is 9.71. The molecule has 1 aliphatic heterocycles. The number of methoxy groups -OCH3 is 1. The number of hydrogen-bond acceptors (Lipinski definition) is 2. The van der Waals surface area contributed by atoms with Crippen molar-refractivity contribution >= 4 is 0 Å². The van der Waals surface area contributed by atoms with E-state index in [9.17, 15) is 0 Å². The Morgan fingerprint density at radius 1 is 1.18 bits per heavy atom. The lowest BCUT2D eigenvalue weighted by Crippen LogP contribution is -2.56. The topological polar surface area (TPSA) is 21.3 Å². The molecule has 1 saturated heterocycles. The normalized spacial score (nSPS) is 17.8. The van der Waals surface area contributed by atoms with Crippen molar-refractivity contribution in [2.75, 3.05) is 26.8 Å². The first-order valence-electron chi connectivity index (χ1n) is 6.54. The van der Waals surface area contributed by atoms with Crippen molar-refractivity contribution in [1.82, 2.24) is 5.32 Å². The summed E-state index contributed by atoms with van der Waals surface area (Å²) in [4.78, 5) is 0. The highest BCUT2D eigenvalue weighted by atomic mass is 16.5. The maximum absolute atomic E-state index is 5.11. The van der Waals surface area contributed by atoms with Crippen LogP contribution in [0.25, 0.3) is 0 Å². The molecule has 94 valence electrons. The van der Waals surface area contributed by atoms with Crippen LogP contribution >= 0.6 is 0 Å². The Bertz CT molecular complexity index is 340. The zero-order chi connectivity index (χ0) is 12.1. The SMILES string of the molecule is COCCCCC1(c2ccc(C)cc2)CNC1. The molecule has 0 unspecified atom stereocenters.